The molecule has 1 aliphatic carbocycles. The molecule has 0 unspecified atom stereocenters. The summed E-state index contributed by atoms with van der Waals surface area (Å²) in [6.45, 7) is 2.09. The smallest absolute Gasteiger partial charge is 0.110 e. The molecule has 9 heteroatoms. The number of nitrogens with zero attached hydrogens (tertiary/aromatic N) is 6. The van der Waals surface area contributed by atoms with Gasteiger partial charge in [-0.2, -0.15) is 5.26 Å². The van der Waals surface area contributed by atoms with Gasteiger partial charge in [0.1, 0.15) is 11.8 Å². The summed E-state index contributed by atoms with van der Waals surface area (Å²) in [5, 5.41) is 26.6. The van der Waals surface area contributed by atoms with Crippen molar-refractivity contribution in [3.8, 4) is 6.07 Å². The zero-order valence-corrected chi connectivity index (χ0v) is 22.1. The molecule has 2 aromatic carbocycles. The van der Waals surface area contributed by atoms with Crippen LogP contribution in [0.2, 0.25) is 5.02 Å². The molecule has 0 radical (unpaired) electrons. The van der Waals surface area contributed by atoms with Crippen LogP contribution in [-0.4, -0.2) is 25.0 Å². The fourth-order valence-corrected chi connectivity index (χ4v) is 4.97. The molecular formula is C30H27ClN8. The van der Waals surface area contributed by atoms with E-state index in [1.807, 2.05) is 41.2 Å². The van der Waals surface area contributed by atoms with Crippen molar-refractivity contribution in [3.05, 3.63) is 107 Å². The first-order chi connectivity index (χ1) is 19.5. The lowest BCUT2D eigenvalue weighted by atomic mass is 10.0. The summed E-state index contributed by atoms with van der Waals surface area (Å²) in [7, 11) is 0. The minimum absolute atomic E-state index is 0.0302. The molecule has 1 aliphatic rings. The van der Waals surface area contributed by atoms with E-state index < -0.39 is 6.02 Å². The number of pyridine rings is 2. The molecule has 2 N–H and O–H groups in total. The first kappa shape index (κ1) is 23.6. The van der Waals surface area contributed by atoms with Gasteiger partial charge in [-0.05, 0) is 48.6 Å². The van der Waals surface area contributed by atoms with Gasteiger partial charge < -0.3 is 10.6 Å². The maximum absolute atomic E-state index is 9.98. The summed E-state index contributed by atoms with van der Waals surface area (Å²) in [6, 6.07) is 18.4. The van der Waals surface area contributed by atoms with Crippen LogP contribution >= 0.6 is 11.6 Å². The highest BCUT2D eigenvalue weighted by Crippen LogP contribution is 2.38. The van der Waals surface area contributed by atoms with Crippen LogP contribution in [0.4, 0.5) is 11.4 Å². The molecule has 194 valence electrons. The summed E-state index contributed by atoms with van der Waals surface area (Å²) in [6.07, 6.45) is 9.59. The average molecular weight is 536 g/mol. The van der Waals surface area contributed by atoms with Crippen LogP contribution in [-0.2, 0) is 0 Å². The van der Waals surface area contributed by atoms with E-state index in [0.717, 1.165) is 24.8 Å². The Morgan fingerprint density at radius 3 is 2.67 bits per heavy atom. The van der Waals surface area contributed by atoms with Crippen molar-refractivity contribution in [3.63, 3.8) is 0 Å². The first-order valence-electron chi connectivity index (χ1n) is 13.4. The monoisotopic (exact) mass is 535 g/mol. The molecule has 8 nitrogen and oxygen atoms in total. The second-order valence-corrected chi connectivity index (χ2v) is 9.99. The van der Waals surface area contributed by atoms with E-state index in [9.17, 15) is 6.63 Å². The van der Waals surface area contributed by atoms with E-state index in [0.29, 0.717) is 50.2 Å². The highest BCUT2D eigenvalue weighted by atomic mass is 35.5. The number of aromatic nitrogens is 5. The van der Waals surface area contributed by atoms with Crippen molar-refractivity contribution in [2.24, 2.45) is 0 Å². The Kier molecular flexibility index (Phi) is 6.49. The molecule has 0 aliphatic heterocycles. The van der Waals surface area contributed by atoms with Crippen LogP contribution in [0.3, 0.4) is 0 Å². The van der Waals surface area contributed by atoms with Crippen molar-refractivity contribution >= 4 is 33.9 Å². The van der Waals surface area contributed by atoms with Gasteiger partial charge >= 0.3 is 0 Å². The number of rotatable bonds is 9. The lowest BCUT2D eigenvalue weighted by Crippen LogP contribution is -2.14. The predicted molar refractivity (Wildman–Crippen MR) is 153 cm³/mol. The molecule has 3 heterocycles. The number of fused-ring (bicyclic) bond motifs is 1. The molecule has 1 saturated carbocycles. The van der Waals surface area contributed by atoms with Gasteiger partial charge in [-0.25, -0.2) is 4.68 Å². The van der Waals surface area contributed by atoms with Crippen LogP contribution in [0.25, 0.3) is 10.9 Å². The summed E-state index contributed by atoms with van der Waals surface area (Å²) in [5.41, 5.74) is 4.35. The van der Waals surface area contributed by atoms with Crippen molar-refractivity contribution in [1.29, 1.82) is 5.26 Å². The Morgan fingerprint density at radius 1 is 1.13 bits per heavy atom. The largest absolute Gasteiger partial charge is 0.377 e. The van der Waals surface area contributed by atoms with E-state index in [2.05, 4.69) is 56.0 Å². The number of hydrogen-bond acceptors (Lipinski definition) is 7. The van der Waals surface area contributed by atoms with Crippen molar-refractivity contribution in [1.82, 2.24) is 25.0 Å². The van der Waals surface area contributed by atoms with Gasteiger partial charge in [0, 0.05) is 29.7 Å². The normalized spacial score (nSPS) is 15.7. The lowest BCUT2D eigenvalue weighted by Gasteiger charge is -2.22. The van der Waals surface area contributed by atoms with E-state index in [4.69, 9.17) is 11.6 Å². The number of hydrogen-bond donors (Lipinski definition) is 2. The fourth-order valence-electron chi connectivity index (χ4n) is 4.70. The van der Waals surface area contributed by atoms with E-state index in [-0.39, 0.29) is 6.04 Å². The Bertz CT molecular complexity index is 1700. The van der Waals surface area contributed by atoms with Crippen LogP contribution in [0.15, 0.2) is 79.4 Å². The molecule has 0 spiro atoms. The van der Waals surface area contributed by atoms with Gasteiger partial charge in [0.15, 0.2) is 0 Å². The Balaban J connectivity index is 1.45. The molecular weight excluding hydrogens is 508 g/mol. The molecule has 2 atom stereocenters. The molecule has 3 aromatic heterocycles. The fraction of sp³-hybridized carbons (Fsp3) is 0.233. The van der Waals surface area contributed by atoms with E-state index >= 15 is 0 Å². The zero-order valence-electron chi connectivity index (χ0n) is 22.3. The Hall–Kier alpha value is -4.48. The van der Waals surface area contributed by atoms with E-state index in [1.54, 1.807) is 30.7 Å². The molecule has 0 bridgehead atoms. The Labute approximate surface area is 233 Å². The number of nitriles is 1. The van der Waals surface area contributed by atoms with Crippen LogP contribution < -0.4 is 10.6 Å². The van der Waals surface area contributed by atoms with Gasteiger partial charge in [0.25, 0.3) is 0 Å². The molecule has 6 rings (SSSR count). The second-order valence-electron chi connectivity index (χ2n) is 9.59. The van der Waals surface area contributed by atoms with Gasteiger partial charge in [-0.15, -0.1) is 5.10 Å². The summed E-state index contributed by atoms with van der Waals surface area (Å²) in [4.78, 5) is 8.75. The highest BCUT2D eigenvalue weighted by Gasteiger charge is 2.27. The van der Waals surface area contributed by atoms with E-state index in [1.165, 1.54) is 0 Å². The van der Waals surface area contributed by atoms with Gasteiger partial charge in [0.05, 0.1) is 47.5 Å². The van der Waals surface area contributed by atoms with Crippen LogP contribution in [0.5, 0.6) is 0 Å². The predicted octanol–water partition coefficient (Wildman–Crippen LogP) is 6.85. The summed E-state index contributed by atoms with van der Waals surface area (Å²) < 4.78 is 11.4. The molecule has 0 saturated heterocycles. The minimum atomic E-state index is -1.50. The van der Waals surface area contributed by atoms with Crippen molar-refractivity contribution < 1.29 is 1.37 Å². The first-order valence-corrected chi connectivity index (χ1v) is 13.3. The highest BCUT2D eigenvalue weighted by molar-refractivity contribution is 6.35. The average Bonchev–Trinajstić information content (AvgIpc) is 3.72. The molecule has 0 amide bonds. The molecule has 5 aromatic rings. The maximum atomic E-state index is 9.98. The summed E-state index contributed by atoms with van der Waals surface area (Å²) >= 11 is 6.77. The number of nitrogens with one attached hydrogen (secondary N) is 2. The topological polar surface area (TPSA) is 104 Å². The number of anilines is 2. The minimum Gasteiger partial charge on any atom is -0.377 e. The quantitative estimate of drug-likeness (QED) is 0.213. The maximum Gasteiger partial charge on any atom is 0.110 e. The van der Waals surface area contributed by atoms with Crippen LogP contribution in [0, 0.1) is 11.3 Å². The number of halogens is 1. The summed E-state index contributed by atoms with van der Waals surface area (Å²) in [5.74, 6) is 0. The standard InChI is InChI=1S/C30H27ClN8/c1-2-26(19-7-4-3-5-8-19)36-28-21(15-32)17-34-30-24(28)13-22(14-25(30)31)35-29(20-9-6-12-33-16-20)27-18-39(38-37-27)23-10-11-23/h3-9,12-14,16-18,23,26,29,35H,2,10-11H2,1H3,(H,34,36)/t26-,29+/m1/s1/i29D. The van der Waals surface area contributed by atoms with Gasteiger partial charge in [0.2, 0.25) is 0 Å². The Morgan fingerprint density at radius 2 is 1.95 bits per heavy atom. The lowest BCUT2D eigenvalue weighted by molar-refractivity contribution is 0.610. The SMILES string of the molecule is [2H][C@](Nc1cc(Cl)c2ncc(C#N)c(N[C@H](CC)c3ccccc3)c2c1)(c1cccnc1)c1cn(C2CC2)nn1. The zero-order chi connectivity index (χ0) is 27.7. The van der Waals surface area contributed by atoms with Gasteiger partial charge in [-0.3, -0.25) is 9.97 Å². The third kappa shape index (κ3) is 5.14. The molecule has 39 heavy (non-hydrogen) atoms. The third-order valence-electron chi connectivity index (χ3n) is 6.88. The third-order valence-corrected chi connectivity index (χ3v) is 7.17. The van der Waals surface area contributed by atoms with Gasteiger partial charge in [-0.1, -0.05) is 60.1 Å². The van der Waals surface area contributed by atoms with Crippen molar-refractivity contribution in [2.75, 3.05) is 10.6 Å². The number of benzene rings is 2. The van der Waals surface area contributed by atoms with Crippen LogP contribution in [0.1, 0.15) is 68.0 Å². The second kappa shape index (κ2) is 10.7. The van der Waals surface area contributed by atoms with Crippen molar-refractivity contribution in [2.45, 2.75) is 44.3 Å². The molecule has 1 fully saturated rings.